The van der Waals surface area contributed by atoms with Crippen LogP contribution < -0.4 is 4.90 Å². The summed E-state index contributed by atoms with van der Waals surface area (Å²) in [4.78, 5) is 15.4. The van der Waals surface area contributed by atoms with E-state index < -0.39 is 17.5 Å². The third-order valence-electron chi connectivity index (χ3n) is 6.82. The lowest BCUT2D eigenvalue weighted by Gasteiger charge is -2.23. The number of fused-ring (bicyclic) bond motifs is 1. The van der Waals surface area contributed by atoms with E-state index in [4.69, 9.17) is 0 Å². The molecule has 0 unspecified atom stereocenters. The van der Waals surface area contributed by atoms with Crippen LogP contribution >= 0.6 is 0 Å². The summed E-state index contributed by atoms with van der Waals surface area (Å²) in [7, 11) is 1.95. The first-order chi connectivity index (χ1) is 16.9. The number of hydrogen-bond donors (Lipinski definition) is 0. The quantitative estimate of drug-likeness (QED) is 0.224. The Labute approximate surface area is 208 Å². The maximum absolute atomic E-state index is 13.4. The molecule has 36 heavy (non-hydrogen) atoms. The van der Waals surface area contributed by atoms with E-state index in [9.17, 15) is 23.2 Å². The van der Waals surface area contributed by atoms with Crippen LogP contribution in [0.25, 0.3) is 5.69 Å². The van der Waals surface area contributed by atoms with Crippen LogP contribution in [0.1, 0.15) is 46.7 Å². The average molecular weight is 490 g/mol. The van der Waals surface area contributed by atoms with E-state index in [-0.39, 0.29) is 16.6 Å². The Kier molecular flexibility index (Phi) is 6.17. The number of nitriles is 1. The van der Waals surface area contributed by atoms with Gasteiger partial charge in [-0.05, 0) is 61.9 Å². The second kappa shape index (κ2) is 8.87. The molecule has 0 fully saturated rings. The van der Waals surface area contributed by atoms with Crippen molar-refractivity contribution in [1.82, 2.24) is 4.57 Å². The maximum Gasteiger partial charge on any atom is 0.416 e. The van der Waals surface area contributed by atoms with Crippen LogP contribution in [0.5, 0.6) is 0 Å². The van der Waals surface area contributed by atoms with Gasteiger partial charge in [-0.2, -0.15) is 18.4 Å². The van der Waals surface area contributed by atoms with E-state index in [2.05, 4.69) is 19.9 Å². The summed E-state index contributed by atoms with van der Waals surface area (Å²) in [6, 6.07) is 16.6. The highest BCUT2D eigenvalue weighted by Crippen LogP contribution is 2.46. The largest absolute Gasteiger partial charge is 0.416 e. The van der Waals surface area contributed by atoms with Gasteiger partial charge in [0.05, 0.1) is 5.56 Å². The molecular weight excluding hydrogens is 463 g/mol. The molecule has 0 amide bonds. The Morgan fingerprint density at radius 3 is 2.39 bits per heavy atom. The van der Waals surface area contributed by atoms with E-state index >= 15 is 0 Å². The molecule has 2 heterocycles. The van der Waals surface area contributed by atoms with Crippen LogP contribution in [0.3, 0.4) is 0 Å². The summed E-state index contributed by atoms with van der Waals surface area (Å²) in [5.74, 6) is -0.475. The van der Waals surface area contributed by atoms with Crippen LogP contribution in [0.2, 0.25) is 0 Å². The Morgan fingerprint density at radius 1 is 1.06 bits per heavy atom. The molecule has 184 valence electrons. The van der Waals surface area contributed by atoms with Gasteiger partial charge in [-0.15, -0.1) is 0 Å². The van der Waals surface area contributed by atoms with E-state index in [1.165, 1.54) is 12.1 Å². The number of likely N-dealkylation sites (N-methyl/N-ethyl adjacent to an activating group) is 1. The minimum absolute atomic E-state index is 0.0491. The second-order valence-electron chi connectivity index (χ2n) is 9.44. The van der Waals surface area contributed by atoms with Crippen molar-refractivity contribution >= 4 is 11.5 Å². The first kappa shape index (κ1) is 25.1. The zero-order valence-corrected chi connectivity index (χ0v) is 20.7. The van der Waals surface area contributed by atoms with E-state index in [0.717, 1.165) is 29.1 Å². The zero-order valence-electron chi connectivity index (χ0n) is 20.7. The van der Waals surface area contributed by atoms with Gasteiger partial charge in [0.2, 0.25) is 5.78 Å². The fraction of sp³-hybridized carbons (Fsp3) is 0.241. The van der Waals surface area contributed by atoms with E-state index in [1.807, 2.05) is 36.2 Å². The number of nitrogens with zero attached hydrogens (tertiary/aromatic N) is 3. The standard InChI is InChI=1S/C29H26F3N3O/c1-18-15-23(19(2)35(18)22-10-8-9-21(16-22)29(30,31)32)27(36)20(17-33)13-14-26-28(3,4)24-11-6-7-12-25(24)34(26)5/h6-16H,1-5H3. The number of alkyl halides is 3. The second-order valence-corrected chi connectivity index (χ2v) is 9.44. The summed E-state index contributed by atoms with van der Waals surface area (Å²) < 4.78 is 41.3. The van der Waals surface area contributed by atoms with Gasteiger partial charge in [0.25, 0.3) is 0 Å². The number of halogens is 3. The lowest BCUT2D eigenvalue weighted by atomic mass is 9.83. The smallest absolute Gasteiger partial charge is 0.347 e. The molecule has 0 saturated carbocycles. The highest BCUT2D eigenvalue weighted by Gasteiger charge is 2.38. The fourth-order valence-corrected chi connectivity index (χ4v) is 4.98. The van der Waals surface area contributed by atoms with E-state index in [0.29, 0.717) is 17.1 Å². The Morgan fingerprint density at radius 2 is 1.75 bits per heavy atom. The lowest BCUT2D eigenvalue weighted by Crippen LogP contribution is -2.22. The number of rotatable bonds is 4. The summed E-state index contributed by atoms with van der Waals surface area (Å²) in [6.07, 6.45) is -1.16. The molecule has 3 aromatic rings. The van der Waals surface area contributed by atoms with Crippen molar-refractivity contribution < 1.29 is 18.0 Å². The molecule has 0 spiro atoms. The Hall–Kier alpha value is -4.05. The minimum atomic E-state index is -4.48. The van der Waals surface area contributed by atoms with Crippen LogP contribution in [-0.4, -0.2) is 17.4 Å². The molecule has 7 heteroatoms. The number of Topliss-reactive ketones (excluding diaryl/α,β-unsaturated/α-hetero) is 1. The normalized spacial score (nSPS) is 16.2. The summed E-state index contributed by atoms with van der Waals surface area (Å²) in [5, 5.41) is 9.80. The summed E-state index contributed by atoms with van der Waals surface area (Å²) >= 11 is 0. The molecule has 4 rings (SSSR count). The highest BCUT2D eigenvalue weighted by molar-refractivity contribution is 6.12. The summed E-state index contributed by atoms with van der Waals surface area (Å²) in [5.41, 5.74) is 3.67. The van der Waals surface area contributed by atoms with Crippen LogP contribution in [-0.2, 0) is 11.6 Å². The first-order valence-corrected chi connectivity index (χ1v) is 11.4. The molecule has 4 nitrogen and oxygen atoms in total. The van der Waals surface area contributed by atoms with Crippen LogP contribution in [0, 0.1) is 25.2 Å². The average Bonchev–Trinajstić information content (AvgIpc) is 3.23. The van der Waals surface area contributed by atoms with Crippen molar-refractivity contribution in [2.45, 2.75) is 39.3 Å². The SMILES string of the molecule is Cc1cc(C(=O)C(C#N)=CC=C2N(C)c3ccccc3C2(C)C)c(C)n1-c1cccc(C(F)(F)F)c1. The number of carbonyl (C=O) groups excluding carboxylic acids is 1. The van der Waals surface area contributed by atoms with Crippen molar-refractivity contribution in [3.8, 4) is 11.8 Å². The van der Waals surface area contributed by atoms with Crippen molar-refractivity contribution in [2.75, 3.05) is 11.9 Å². The number of hydrogen-bond acceptors (Lipinski definition) is 3. The molecule has 0 bridgehead atoms. The van der Waals surface area contributed by atoms with Gasteiger partial charge in [0.1, 0.15) is 11.6 Å². The number of aryl methyl sites for hydroxylation is 1. The molecule has 2 aromatic carbocycles. The molecular formula is C29H26F3N3O. The van der Waals surface area contributed by atoms with E-state index in [1.54, 1.807) is 36.6 Å². The van der Waals surface area contributed by atoms with Gasteiger partial charge in [0.15, 0.2) is 0 Å². The Balaban J connectivity index is 1.72. The number of anilines is 1. The number of ketones is 1. The van der Waals surface area contributed by atoms with Crippen LogP contribution in [0.15, 0.2) is 78.0 Å². The number of allylic oxidation sites excluding steroid dienone is 4. The molecule has 1 aromatic heterocycles. The van der Waals surface area contributed by atoms with Gasteiger partial charge in [0, 0.05) is 46.5 Å². The third kappa shape index (κ3) is 4.13. The molecule has 0 saturated heterocycles. The predicted octanol–water partition coefficient (Wildman–Crippen LogP) is 7.06. The molecule has 0 N–H and O–H groups in total. The number of carbonyl (C=O) groups is 1. The Bertz CT molecular complexity index is 1470. The zero-order chi connectivity index (χ0) is 26.4. The van der Waals surface area contributed by atoms with Crippen LogP contribution in [0.4, 0.5) is 18.9 Å². The molecule has 1 aliphatic rings. The molecule has 1 aliphatic heterocycles. The van der Waals surface area contributed by atoms with Gasteiger partial charge in [-0.1, -0.05) is 38.1 Å². The topological polar surface area (TPSA) is 49.0 Å². The summed E-state index contributed by atoms with van der Waals surface area (Å²) in [6.45, 7) is 7.56. The van der Waals surface area contributed by atoms with Crippen molar-refractivity contribution in [3.05, 3.63) is 106 Å². The third-order valence-corrected chi connectivity index (χ3v) is 6.82. The van der Waals surface area contributed by atoms with Crippen molar-refractivity contribution in [3.63, 3.8) is 0 Å². The van der Waals surface area contributed by atoms with Gasteiger partial charge in [-0.3, -0.25) is 4.79 Å². The number of aromatic nitrogens is 1. The highest BCUT2D eigenvalue weighted by atomic mass is 19.4. The number of benzene rings is 2. The lowest BCUT2D eigenvalue weighted by molar-refractivity contribution is -0.137. The van der Waals surface area contributed by atoms with Crippen molar-refractivity contribution in [2.24, 2.45) is 0 Å². The maximum atomic E-state index is 13.4. The van der Waals surface area contributed by atoms with Crippen molar-refractivity contribution in [1.29, 1.82) is 5.26 Å². The molecule has 0 atom stereocenters. The van der Waals surface area contributed by atoms with Gasteiger partial charge >= 0.3 is 6.18 Å². The number of para-hydroxylation sites is 1. The van der Waals surface area contributed by atoms with Gasteiger partial charge in [-0.25, -0.2) is 0 Å². The predicted molar refractivity (Wildman–Crippen MR) is 134 cm³/mol. The molecule has 0 radical (unpaired) electrons. The first-order valence-electron chi connectivity index (χ1n) is 11.4. The monoisotopic (exact) mass is 489 g/mol. The van der Waals surface area contributed by atoms with Gasteiger partial charge < -0.3 is 9.47 Å². The fourth-order valence-electron chi connectivity index (χ4n) is 4.98. The molecule has 0 aliphatic carbocycles. The minimum Gasteiger partial charge on any atom is -0.347 e.